The summed E-state index contributed by atoms with van der Waals surface area (Å²) >= 11 is 7.47. The average molecular weight is 287 g/mol. The van der Waals surface area contributed by atoms with Crippen LogP contribution >= 0.6 is 23.4 Å². The van der Waals surface area contributed by atoms with Crippen LogP contribution < -0.4 is 10.6 Å². The number of carbonyl (C=O) groups excluding carboxylic acids is 1. The van der Waals surface area contributed by atoms with Crippen LogP contribution in [0.25, 0.3) is 0 Å². The summed E-state index contributed by atoms with van der Waals surface area (Å²) in [5.41, 5.74) is 0. The van der Waals surface area contributed by atoms with Crippen LogP contribution in [0.1, 0.15) is 13.3 Å². The second-order valence-electron chi connectivity index (χ2n) is 3.82. The molecule has 5 heteroatoms. The minimum absolute atomic E-state index is 0.0400. The van der Waals surface area contributed by atoms with Gasteiger partial charge in [-0.05, 0) is 25.1 Å². The molecular weight excluding hydrogens is 268 g/mol. The second-order valence-corrected chi connectivity index (χ2v) is 5.24. The highest BCUT2D eigenvalue weighted by Crippen LogP contribution is 2.26. The van der Waals surface area contributed by atoms with Crippen LogP contribution in [0.4, 0.5) is 0 Å². The maximum atomic E-state index is 11.6. The molecule has 2 N–H and O–H groups in total. The van der Waals surface area contributed by atoms with Crippen LogP contribution in [0.5, 0.6) is 0 Å². The van der Waals surface area contributed by atoms with Gasteiger partial charge in [-0.1, -0.05) is 30.7 Å². The van der Waals surface area contributed by atoms with Crippen molar-refractivity contribution in [3.63, 3.8) is 0 Å². The third-order valence-corrected chi connectivity index (χ3v) is 3.76. The molecule has 0 radical (unpaired) electrons. The minimum atomic E-state index is 0.0400. The molecule has 0 heterocycles. The predicted molar refractivity (Wildman–Crippen MR) is 78.3 cm³/mol. The maximum absolute atomic E-state index is 11.6. The molecule has 0 atom stereocenters. The zero-order chi connectivity index (χ0) is 13.2. The van der Waals surface area contributed by atoms with Crippen molar-refractivity contribution in [3.05, 3.63) is 29.3 Å². The molecule has 1 aromatic carbocycles. The van der Waals surface area contributed by atoms with E-state index >= 15 is 0 Å². The Kier molecular flexibility index (Phi) is 7.89. The van der Waals surface area contributed by atoms with Crippen molar-refractivity contribution in [2.75, 3.05) is 25.4 Å². The summed E-state index contributed by atoms with van der Waals surface area (Å²) in [5.74, 6) is 0.440. The SMILES string of the molecule is CCCNCCNC(=O)CSc1ccccc1Cl. The van der Waals surface area contributed by atoms with Gasteiger partial charge in [0.05, 0.1) is 10.8 Å². The van der Waals surface area contributed by atoms with E-state index in [9.17, 15) is 4.79 Å². The average Bonchev–Trinajstić information content (AvgIpc) is 2.37. The van der Waals surface area contributed by atoms with E-state index in [1.807, 2.05) is 24.3 Å². The van der Waals surface area contributed by atoms with Gasteiger partial charge in [0.25, 0.3) is 0 Å². The predicted octanol–water partition coefficient (Wildman–Crippen LogP) is 2.55. The molecule has 0 aliphatic carbocycles. The highest BCUT2D eigenvalue weighted by molar-refractivity contribution is 8.00. The van der Waals surface area contributed by atoms with Gasteiger partial charge in [0.2, 0.25) is 5.91 Å². The summed E-state index contributed by atoms with van der Waals surface area (Å²) in [5, 5.41) is 6.79. The number of carbonyl (C=O) groups is 1. The lowest BCUT2D eigenvalue weighted by Gasteiger charge is -2.06. The number of hydrogen-bond donors (Lipinski definition) is 2. The van der Waals surface area contributed by atoms with Crippen LogP contribution in [-0.4, -0.2) is 31.3 Å². The molecule has 0 saturated heterocycles. The van der Waals surface area contributed by atoms with Gasteiger partial charge in [-0.3, -0.25) is 4.79 Å². The molecule has 0 fully saturated rings. The Morgan fingerprint density at radius 1 is 1.28 bits per heavy atom. The monoisotopic (exact) mass is 286 g/mol. The van der Waals surface area contributed by atoms with Crippen molar-refractivity contribution in [1.82, 2.24) is 10.6 Å². The zero-order valence-electron chi connectivity index (χ0n) is 10.5. The first-order chi connectivity index (χ1) is 8.74. The Hall–Kier alpha value is -0.710. The number of hydrogen-bond acceptors (Lipinski definition) is 3. The topological polar surface area (TPSA) is 41.1 Å². The Balaban J connectivity index is 2.15. The summed E-state index contributed by atoms with van der Waals surface area (Å²) in [6.07, 6.45) is 1.11. The molecule has 1 rings (SSSR count). The molecule has 0 spiro atoms. The number of rotatable bonds is 8. The molecule has 0 aliphatic heterocycles. The summed E-state index contributed by atoms with van der Waals surface area (Å²) in [4.78, 5) is 12.5. The maximum Gasteiger partial charge on any atom is 0.230 e. The van der Waals surface area contributed by atoms with Gasteiger partial charge < -0.3 is 10.6 Å². The van der Waals surface area contributed by atoms with Crippen molar-refractivity contribution >= 4 is 29.3 Å². The van der Waals surface area contributed by atoms with Gasteiger partial charge in [-0.25, -0.2) is 0 Å². The zero-order valence-corrected chi connectivity index (χ0v) is 12.1. The van der Waals surface area contributed by atoms with Crippen LogP contribution in [0, 0.1) is 0 Å². The van der Waals surface area contributed by atoms with Gasteiger partial charge in [0.1, 0.15) is 0 Å². The second kappa shape index (κ2) is 9.25. The molecule has 0 saturated carbocycles. The number of halogens is 1. The molecule has 1 aromatic rings. The van der Waals surface area contributed by atoms with Crippen LogP contribution in [0.15, 0.2) is 29.2 Å². The van der Waals surface area contributed by atoms with E-state index in [4.69, 9.17) is 11.6 Å². The largest absolute Gasteiger partial charge is 0.354 e. The summed E-state index contributed by atoms with van der Waals surface area (Å²) in [6, 6.07) is 7.55. The molecular formula is C13H19ClN2OS. The van der Waals surface area contributed by atoms with Gasteiger partial charge in [0.15, 0.2) is 0 Å². The standard InChI is InChI=1S/C13H19ClN2OS/c1-2-7-15-8-9-16-13(17)10-18-12-6-4-3-5-11(12)14/h3-6,15H,2,7-10H2,1H3,(H,16,17). The van der Waals surface area contributed by atoms with Crippen molar-refractivity contribution < 1.29 is 4.79 Å². The summed E-state index contributed by atoms with van der Waals surface area (Å²) < 4.78 is 0. The van der Waals surface area contributed by atoms with Crippen molar-refractivity contribution in [2.45, 2.75) is 18.2 Å². The van der Waals surface area contributed by atoms with Gasteiger partial charge >= 0.3 is 0 Å². The third kappa shape index (κ3) is 6.28. The highest BCUT2D eigenvalue weighted by Gasteiger charge is 2.04. The molecule has 0 unspecified atom stereocenters. The van der Waals surface area contributed by atoms with Gasteiger partial charge in [-0.15, -0.1) is 11.8 Å². The molecule has 1 amide bonds. The van der Waals surface area contributed by atoms with E-state index in [2.05, 4.69) is 17.6 Å². The fourth-order valence-corrected chi connectivity index (χ4v) is 2.42. The minimum Gasteiger partial charge on any atom is -0.354 e. The summed E-state index contributed by atoms with van der Waals surface area (Å²) in [6.45, 7) is 4.59. The molecule has 100 valence electrons. The number of amides is 1. The van der Waals surface area contributed by atoms with E-state index in [0.29, 0.717) is 17.3 Å². The Bertz CT molecular complexity index is 374. The van der Waals surface area contributed by atoms with Crippen molar-refractivity contribution in [1.29, 1.82) is 0 Å². The Labute approximate surface area is 118 Å². The number of thioether (sulfide) groups is 1. The van der Waals surface area contributed by atoms with Gasteiger partial charge in [0, 0.05) is 18.0 Å². The highest BCUT2D eigenvalue weighted by atomic mass is 35.5. The normalized spacial score (nSPS) is 10.3. The number of nitrogens with one attached hydrogen (secondary N) is 2. The quantitative estimate of drug-likeness (QED) is 0.570. The third-order valence-electron chi connectivity index (χ3n) is 2.25. The number of benzene rings is 1. The lowest BCUT2D eigenvalue weighted by molar-refractivity contribution is -0.118. The first-order valence-electron chi connectivity index (χ1n) is 6.08. The van der Waals surface area contributed by atoms with Crippen molar-refractivity contribution in [2.24, 2.45) is 0 Å². The smallest absolute Gasteiger partial charge is 0.230 e. The van der Waals surface area contributed by atoms with Crippen LogP contribution in [0.2, 0.25) is 5.02 Å². The molecule has 18 heavy (non-hydrogen) atoms. The summed E-state index contributed by atoms with van der Waals surface area (Å²) in [7, 11) is 0. The first-order valence-corrected chi connectivity index (χ1v) is 7.45. The van der Waals surface area contributed by atoms with E-state index < -0.39 is 0 Å². The van der Waals surface area contributed by atoms with E-state index in [0.717, 1.165) is 24.4 Å². The van der Waals surface area contributed by atoms with Crippen LogP contribution in [-0.2, 0) is 4.79 Å². The lowest BCUT2D eigenvalue weighted by Crippen LogP contribution is -2.33. The Morgan fingerprint density at radius 2 is 2.06 bits per heavy atom. The fourth-order valence-electron chi connectivity index (χ4n) is 1.35. The lowest BCUT2D eigenvalue weighted by atomic mass is 10.4. The molecule has 0 aliphatic rings. The first kappa shape index (κ1) is 15.3. The molecule has 0 aromatic heterocycles. The van der Waals surface area contributed by atoms with E-state index in [1.54, 1.807) is 0 Å². The van der Waals surface area contributed by atoms with E-state index in [-0.39, 0.29) is 5.91 Å². The fraction of sp³-hybridized carbons (Fsp3) is 0.462. The van der Waals surface area contributed by atoms with Crippen molar-refractivity contribution in [3.8, 4) is 0 Å². The van der Waals surface area contributed by atoms with E-state index in [1.165, 1.54) is 11.8 Å². The van der Waals surface area contributed by atoms with Gasteiger partial charge in [-0.2, -0.15) is 0 Å². The van der Waals surface area contributed by atoms with Crippen LogP contribution in [0.3, 0.4) is 0 Å². The molecule has 0 bridgehead atoms. The Morgan fingerprint density at radius 3 is 2.78 bits per heavy atom. The molecule has 3 nitrogen and oxygen atoms in total.